The van der Waals surface area contributed by atoms with E-state index in [-0.39, 0.29) is 5.41 Å². The van der Waals surface area contributed by atoms with E-state index in [4.69, 9.17) is 10.3 Å². The maximum atomic E-state index is 5.72. The molecule has 2 N–H and O–H groups in total. The lowest BCUT2D eigenvalue weighted by Crippen LogP contribution is -2.31. The summed E-state index contributed by atoms with van der Waals surface area (Å²) in [6.07, 6.45) is 1.09. The van der Waals surface area contributed by atoms with Crippen LogP contribution in [0, 0.1) is 12.3 Å². The van der Waals surface area contributed by atoms with Crippen molar-refractivity contribution in [3.05, 3.63) is 5.82 Å². The van der Waals surface area contributed by atoms with E-state index >= 15 is 0 Å². The maximum Gasteiger partial charge on any atom is 0.324 e. The van der Waals surface area contributed by atoms with Gasteiger partial charge in [-0.05, 0) is 25.3 Å². The first-order valence-corrected chi connectivity index (χ1v) is 4.88. The van der Waals surface area contributed by atoms with Gasteiger partial charge in [0, 0.05) is 13.1 Å². The number of nitrogens with zero attached hydrogens (tertiary/aromatic N) is 3. The smallest absolute Gasteiger partial charge is 0.324 e. The molecular formula is C9H16N4O. The van der Waals surface area contributed by atoms with Gasteiger partial charge in [0.2, 0.25) is 0 Å². The van der Waals surface area contributed by atoms with E-state index < -0.39 is 0 Å². The number of hydrogen-bond donors (Lipinski definition) is 1. The van der Waals surface area contributed by atoms with Crippen LogP contribution < -0.4 is 10.6 Å². The Bertz CT molecular complexity index is 324. The summed E-state index contributed by atoms with van der Waals surface area (Å²) in [7, 11) is 0. The first-order valence-electron chi connectivity index (χ1n) is 4.88. The Balaban J connectivity index is 2.09. The molecule has 0 radical (unpaired) electrons. The van der Waals surface area contributed by atoms with E-state index in [1.54, 1.807) is 0 Å². The molecule has 78 valence electrons. The molecule has 0 aliphatic carbocycles. The molecule has 0 spiro atoms. The van der Waals surface area contributed by atoms with E-state index in [1.165, 1.54) is 0 Å². The maximum absolute atomic E-state index is 5.72. The van der Waals surface area contributed by atoms with Crippen molar-refractivity contribution in [2.75, 3.05) is 24.5 Å². The van der Waals surface area contributed by atoms with Crippen molar-refractivity contribution in [2.24, 2.45) is 11.1 Å². The predicted octanol–water partition coefficient (Wildman–Crippen LogP) is 0.553. The normalized spacial score (nSPS) is 27.2. The highest BCUT2D eigenvalue weighted by Gasteiger charge is 2.34. The van der Waals surface area contributed by atoms with Gasteiger partial charge in [-0.2, -0.15) is 4.98 Å². The van der Waals surface area contributed by atoms with Crippen LogP contribution in [0.4, 0.5) is 6.01 Å². The first kappa shape index (κ1) is 9.45. The number of nitrogens with two attached hydrogens (primary N) is 1. The lowest BCUT2D eigenvalue weighted by atomic mass is 9.90. The molecule has 14 heavy (non-hydrogen) atoms. The Kier molecular flexibility index (Phi) is 2.19. The molecule has 1 aliphatic rings. The molecule has 1 unspecified atom stereocenters. The van der Waals surface area contributed by atoms with Gasteiger partial charge in [0.15, 0.2) is 5.82 Å². The van der Waals surface area contributed by atoms with Gasteiger partial charge < -0.3 is 15.2 Å². The van der Waals surface area contributed by atoms with Crippen LogP contribution in [0.1, 0.15) is 19.2 Å². The standard InChI is InChI=1S/C9H16N4O/c1-7-11-8(14-12-7)13-4-3-9(2,5-10)6-13/h3-6,10H2,1-2H3. The Morgan fingerprint density at radius 3 is 2.93 bits per heavy atom. The molecule has 2 rings (SSSR count). The predicted molar refractivity (Wildman–Crippen MR) is 53.0 cm³/mol. The highest BCUT2D eigenvalue weighted by Crippen LogP contribution is 2.31. The van der Waals surface area contributed by atoms with Gasteiger partial charge in [0.1, 0.15) is 0 Å². The van der Waals surface area contributed by atoms with Gasteiger partial charge in [0.05, 0.1) is 0 Å². The molecule has 5 nitrogen and oxygen atoms in total. The number of anilines is 1. The van der Waals surface area contributed by atoms with Crippen molar-refractivity contribution in [1.82, 2.24) is 10.1 Å². The fraction of sp³-hybridized carbons (Fsp3) is 0.778. The molecule has 2 heterocycles. The largest absolute Gasteiger partial charge is 0.330 e. The third-order valence-corrected chi connectivity index (χ3v) is 2.84. The van der Waals surface area contributed by atoms with Crippen LogP contribution in [0.5, 0.6) is 0 Å². The minimum Gasteiger partial charge on any atom is -0.330 e. The molecule has 0 saturated carbocycles. The first-order chi connectivity index (χ1) is 6.63. The van der Waals surface area contributed by atoms with Crippen LogP contribution >= 0.6 is 0 Å². The molecule has 1 saturated heterocycles. The number of hydrogen-bond acceptors (Lipinski definition) is 5. The summed E-state index contributed by atoms with van der Waals surface area (Å²) in [5, 5.41) is 3.78. The Hall–Kier alpha value is -1.10. The summed E-state index contributed by atoms with van der Waals surface area (Å²) in [5.74, 6) is 0.682. The Labute approximate surface area is 83.3 Å². The molecule has 5 heteroatoms. The third-order valence-electron chi connectivity index (χ3n) is 2.84. The van der Waals surface area contributed by atoms with E-state index in [2.05, 4.69) is 22.0 Å². The van der Waals surface area contributed by atoms with E-state index in [9.17, 15) is 0 Å². The summed E-state index contributed by atoms with van der Waals surface area (Å²) in [5.41, 5.74) is 5.92. The van der Waals surface area contributed by atoms with Crippen LogP contribution in [0.15, 0.2) is 4.52 Å². The lowest BCUT2D eigenvalue weighted by Gasteiger charge is -2.21. The summed E-state index contributed by atoms with van der Waals surface area (Å²) >= 11 is 0. The van der Waals surface area contributed by atoms with Crippen molar-refractivity contribution in [3.63, 3.8) is 0 Å². The molecule has 1 aromatic rings. The van der Waals surface area contributed by atoms with Crippen LogP contribution in [-0.2, 0) is 0 Å². The molecular weight excluding hydrogens is 180 g/mol. The fourth-order valence-corrected chi connectivity index (χ4v) is 1.77. The fourth-order valence-electron chi connectivity index (χ4n) is 1.77. The van der Waals surface area contributed by atoms with Gasteiger partial charge in [0.25, 0.3) is 0 Å². The summed E-state index contributed by atoms with van der Waals surface area (Å²) in [4.78, 5) is 6.30. The quantitative estimate of drug-likeness (QED) is 0.748. The van der Waals surface area contributed by atoms with Crippen molar-refractivity contribution in [2.45, 2.75) is 20.3 Å². The van der Waals surface area contributed by atoms with Crippen molar-refractivity contribution in [1.29, 1.82) is 0 Å². The second kappa shape index (κ2) is 3.24. The summed E-state index contributed by atoms with van der Waals surface area (Å²) in [6.45, 7) is 6.58. The average molecular weight is 196 g/mol. The van der Waals surface area contributed by atoms with Crippen LogP contribution in [0.25, 0.3) is 0 Å². The monoisotopic (exact) mass is 196 g/mol. The number of rotatable bonds is 2. The van der Waals surface area contributed by atoms with Crippen LogP contribution in [0.2, 0.25) is 0 Å². The zero-order valence-corrected chi connectivity index (χ0v) is 8.66. The van der Waals surface area contributed by atoms with E-state index in [1.807, 2.05) is 6.92 Å². The van der Waals surface area contributed by atoms with Crippen LogP contribution in [-0.4, -0.2) is 29.8 Å². The van der Waals surface area contributed by atoms with Gasteiger partial charge in [-0.25, -0.2) is 0 Å². The number of aromatic nitrogens is 2. The highest BCUT2D eigenvalue weighted by molar-refractivity contribution is 5.28. The van der Waals surface area contributed by atoms with Crippen molar-refractivity contribution < 1.29 is 4.52 Å². The molecule has 1 atom stereocenters. The Morgan fingerprint density at radius 2 is 2.43 bits per heavy atom. The summed E-state index contributed by atoms with van der Waals surface area (Å²) in [6, 6.07) is 0.625. The molecule has 0 amide bonds. The van der Waals surface area contributed by atoms with Gasteiger partial charge in [-0.3, -0.25) is 0 Å². The second-order valence-electron chi connectivity index (χ2n) is 4.31. The molecule has 1 aliphatic heterocycles. The van der Waals surface area contributed by atoms with Gasteiger partial charge in [-0.15, -0.1) is 0 Å². The van der Waals surface area contributed by atoms with Gasteiger partial charge >= 0.3 is 6.01 Å². The van der Waals surface area contributed by atoms with Gasteiger partial charge in [-0.1, -0.05) is 12.1 Å². The second-order valence-corrected chi connectivity index (χ2v) is 4.31. The minimum atomic E-state index is 0.197. The molecule has 0 bridgehead atoms. The minimum absolute atomic E-state index is 0.197. The third kappa shape index (κ3) is 1.59. The Morgan fingerprint density at radius 1 is 1.64 bits per heavy atom. The van der Waals surface area contributed by atoms with Crippen molar-refractivity contribution >= 4 is 6.01 Å². The highest BCUT2D eigenvalue weighted by atomic mass is 16.5. The van der Waals surface area contributed by atoms with Crippen LogP contribution in [0.3, 0.4) is 0 Å². The molecule has 1 fully saturated rings. The SMILES string of the molecule is Cc1noc(N2CCC(C)(CN)C2)n1. The molecule has 0 aromatic carbocycles. The van der Waals surface area contributed by atoms with E-state index in [0.29, 0.717) is 18.4 Å². The van der Waals surface area contributed by atoms with Crippen molar-refractivity contribution in [3.8, 4) is 0 Å². The number of aryl methyl sites for hydroxylation is 1. The van der Waals surface area contributed by atoms with E-state index in [0.717, 1.165) is 19.5 Å². The zero-order chi connectivity index (χ0) is 10.2. The average Bonchev–Trinajstić information content (AvgIpc) is 2.73. The summed E-state index contributed by atoms with van der Waals surface area (Å²) < 4.78 is 5.11. The topological polar surface area (TPSA) is 68.2 Å². The zero-order valence-electron chi connectivity index (χ0n) is 8.66. The molecule has 1 aromatic heterocycles. The lowest BCUT2D eigenvalue weighted by molar-refractivity contribution is 0.374.